The lowest BCUT2D eigenvalue weighted by molar-refractivity contribution is 0.485. The third-order valence-electron chi connectivity index (χ3n) is 3.00. The first-order valence-electron chi connectivity index (χ1n) is 5.99. The average molecular weight is 209 g/mol. The fourth-order valence-corrected chi connectivity index (χ4v) is 1.92. The van der Waals surface area contributed by atoms with Gasteiger partial charge in [-0.1, -0.05) is 6.92 Å². The molecule has 1 N–H and O–H groups in total. The van der Waals surface area contributed by atoms with E-state index in [4.69, 9.17) is 0 Å². The average Bonchev–Trinajstić information content (AvgIpc) is 2.72. The molecule has 0 aliphatic rings. The van der Waals surface area contributed by atoms with Gasteiger partial charge in [0, 0.05) is 31.4 Å². The van der Waals surface area contributed by atoms with Crippen LogP contribution in [0, 0.1) is 0 Å². The second kappa shape index (κ2) is 6.62. The number of aryl methyl sites for hydroxylation is 2. The smallest absolute Gasteiger partial charge is 0.108 e. The number of imidazole rings is 1. The second-order valence-corrected chi connectivity index (χ2v) is 3.92. The van der Waals surface area contributed by atoms with E-state index < -0.39 is 0 Å². The van der Waals surface area contributed by atoms with E-state index in [0.717, 1.165) is 13.0 Å². The summed E-state index contributed by atoms with van der Waals surface area (Å²) in [6.45, 7) is 5.42. The summed E-state index contributed by atoms with van der Waals surface area (Å²) >= 11 is 0. The molecule has 0 amide bonds. The normalized spacial score (nSPS) is 13.0. The SMILES string of the molecule is CCC(CCCc1nccn1CC)NC. The van der Waals surface area contributed by atoms with Crippen molar-refractivity contribution in [2.24, 2.45) is 0 Å². The molecule has 1 atom stereocenters. The number of hydrogen-bond acceptors (Lipinski definition) is 2. The van der Waals surface area contributed by atoms with Crippen molar-refractivity contribution < 1.29 is 0 Å². The molecule has 1 heterocycles. The minimum Gasteiger partial charge on any atom is -0.335 e. The lowest BCUT2D eigenvalue weighted by atomic mass is 10.1. The van der Waals surface area contributed by atoms with Crippen molar-refractivity contribution in [3.63, 3.8) is 0 Å². The fourth-order valence-electron chi connectivity index (χ4n) is 1.92. The summed E-state index contributed by atoms with van der Waals surface area (Å²) < 4.78 is 2.22. The standard InChI is InChI=1S/C12H23N3/c1-4-11(13-3)7-6-8-12-14-9-10-15(12)5-2/h9-11,13H,4-8H2,1-3H3. The molecular weight excluding hydrogens is 186 g/mol. The largest absolute Gasteiger partial charge is 0.335 e. The molecule has 0 bridgehead atoms. The van der Waals surface area contributed by atoms with Crippen molar-refractivity contribution in [3.05, 3.63) is 18.2 Å². The molecule has 86 valence electrons. The van der Waals surface area contributed by atoms with E-state index >= 15 is 0 Å². The monoisotopic (exact) mass is 209 g/mol. The first-order valence-corrected chi connectivity index (χ1v) is 5.99. The number of rotatable bonds is 7. The Kier molecular flexibility index (Phi) is 5.40. The second-order valence-electron chi connectivity index (χ2n) is 3.92. The molecule has 0 aliphatic carbocycles. The molecule has 0 aliphatic heterocycles. The molecule has 3 heteroatoms. The van der Waals surface area contributed by atoms with Crippen molar-refractivity contribution in [1.82, 2.24) is 14.9 Å². The predicted molar refractivity (Wildman–Crippen MR) is 64.0 cm³/mol. The minimum absolute atomic E-state index is 0.662. The molecule has 1 aromatic rings. The Hall–Kier alpha value is -0.830. The van der Waals surface area contributed by atoms with Crippen molar-refractivity contribution in [2.45, 2.75) is 52.1 Å². The van der Waals surface area contributed by atoms with Crippen LogP contribution in [-0.4, -0.2) is 22.6 Å². The van der Waals surface area contributed by atoms with Crippen molar-refractivity contribution in [3.8, 4) is 0 Å². The highest BCUT2D eigenvalue weighted by atomic mass is 15.0. The summed E-state index contributed by atoms with van der Waals surface area (Å²) in [6.07, 6.45) is 8.72. The van der Waals surface area contributed by atoms with Crippen LogP contribution in [0.3, 0.4) is 0 Å². The highest BCUT2D eigenvalue weighted by Crippen LogP contribution is 2.07. The van der Waals surface area contributed by atoms with Gasteiger partial charge in [0.25, 0.3) is 0 Å². The molecule has 0 radical (unpaired) electrons. The number of aromatic nitrogens is 2. The summed E-state index contributed by atoms with van der Waals surface area (Å²) in [7, 11) is 2.04. The molecule has 0 saturated heterocycles. The molecule has 1 rings (SSSR count). The van der Waals surface area contributed by atoms with Crippen LogP contribution < -0.4 is 5.32 Å². The van der Waals surface area contributed by atoms with Crippen LogP contribution >= 0.6 is 0 Å². The van der Waals surface area contributed by atoms with Gasteiger partial charge in [0.05, 0.1) is 0 Å². The van der Waals surface area contributed by atoms with Crippen molar-refractivity contribution >= 4 is 0 Å². The summed E-state index contributed by atoms with van der Waals surface area (Å²) in [4.78, 5) is 4.38. The maximum atomic E-state index is 4.38. The van der Waals surface area contributed by atoms with Crippen LogP contribution in [-0.2, 0) is 13.0 Å². The van der Waals surface area contributed by atoms with E-state index in [-0.39, 0.29) is 0 Å². The number of hydrogen-bond donors (Lipinski definition) is 1. The molecule has 0 fully saturated rings. The van der Waals surface area contributed by atoms with E-state index in [2.05, 4.69) is 34.9 Å². The van der Waals surface area contributed by atoms with Crippen LogP contribution in [0.25, 0.3) is 0 Å². The third-order valence-corrected chi connectivity index (χ3v) is 3.00. The zero-order valence-corrected chi connectivity index (χ0v) is 10.2. The minimum atomic E-state index is 0.662. The molecule has 0 saturated carbocycles. The van der Waals surface area contributed by atoms with E-state index in [1.54, 1.807) is 0 Å². The van der Waals surface area contributed by atoms with Crippen LogP contribution in [0.1, 0.15) is 38.9 Å². The zero-order chi connectivity index (χ0) is 11.1. The summed E-state index contributed by atoms with van der Waals surface area (Å²) in [5.74, 6) is 1.23. The molecule has 0 spiro atoms. The summed E-state index contributed by atoms with van der Waals surface area (Å²) in [6, 6.07) is 0.662. The van der Waals surface area contributed by atoms with Crippen LogP contribution in [0.4, 0.5) is 0 Å². The van der Waals surface area contributed by atoms with Gasteiger partial charge in [0.1, 0.15) is 5.82 Å². The van der Waals surface area contributed by atoms with Crippen LogP contribution in [0.2, 0.25) is 0 Å². The Labute approximate surface area is 92.9 Å². The van der Waals surface area contributed by atoms with Gasteiger partial charge in [-0.05, 0) is 33.2 Å². The van der Waals surface area contributed by atoms with Crippen molar-refractivity contribution in [1.29, 1.82) is 0 Å². The molecule has 1 aromatic heterocycles. The van der Waals surface area contributed by atoms with E-state index in [9.17, 15) is 0 Å². The fraction of sp³-hybridized carbons (Fsp3) is 0.750. The molecule has 1 unspecified atom stereocenters. The van der Waals surface area contributed by atoms with E-state index in [1.165, 1.54) is 25.1 Å². The summed E-state index contributed by atoms with van der Waals surface area (Å²) in [5.41, 5.74) is 0. The molecular formula is C12H23N3. The number of nitrogens with one attached hydrogen (secondary N) is 1. The van der Waals surface area contributed by atoms with Gasteiger partial charge in [-0.3, -0.25) is 0 Å². The van der Waals surface area contributed by atoms with Gasteiger partial charge in [-0.2, -0.15) is 0 Å². The van der Waals surface area contributed by atoms with Gasteiger partial charge in [0.2, 0.25) is 0 Å². The van der Waals surface area contributed by atoms with Gasteiger partial charge >= 0.3 is 0 Å². The van der Waals surface area contributed by atoms with Crippen LogP contribution in [0.5, 0.6) is 0 Å². The topological polar surface area (TPSA) is 29.9 Å². The lowest BCUT2D eigenvalue weighted by Crippen LogP contribution is -2.24. The Morgan fingerprint density at radius 3 is 2.87 bits per heavy atom. The highest BCUT2D eigenvalue weighted by molar-refractivity contribution is 4.92. The van der Waals surface area contributed by atoms with Gasteiger partial charge < -0.3 is 9.88 Å². The third kappa shape index (κ3) is 3.67. The van der Waals surface area contributed by atoms with Crippen LogP contribution in [0.15, 0.2) is 12.4 Å². The maximum Gasteiger partial charge on any atom is 0.108 e. The Balaban J connectivity index is 2.31. The predicted octanol–water partition coefficient (Wildman–Crippen LogP) is 2.22. The van der Waals surface area contributed by atoms with Gasteiger partial charge in [0.15, 0.2) is 0 Å². The number of nitrogens with zero attached hydrogens (tertiary/aromatic N) is 2. The Bertz CT molecular complexity index is 264. The van der Waals surface area contributed by atoms with Gasteiger partial charge in [-0.15, -0.1) is 0 Å². The van der Waals surface area contributed by atoms with E-state index in [0.29, 0.717) is 6.04 Å². The molecule has 0 aromatic carbocycles. The van der Waals surface area contributed by atoms with Gasteiger partial charge in [-0.25, -0.2) is 4.98 Å². The van der Waals surface area contributed by atoms with Crippen molar-refractivity contribution in [2.75, 3.05) is 7.05 Å². The van der Waals surface area contributed by atoms with E-state index in [1.807, 2.05) is 13.2 Å². The quantitative estimate of drug-likeness (QED) is 0.746. The maximum absolute atomic E-state index is 4.38. The first-order chi connectivity index (χ1) is 7.31. The molecule has 15 heavy (non-hydrogen) atoms. The Morgan fingerprint density at radius 1 is 1.47 bits per heavy atom. The summed E-state index contributed by atoms with van der Waals surface area (Å²) in [5, 5.41) is 3.33. The Morgan fingerprint density at radius 2 is 2.27 bits per heavy atom. The lowest BCUT2D eigenvalue weighted by Gasteiger charge is -2.13. The first kappa shape index (κ1) is 12.2. The molecule has 3 nitrogen and oxygen atoms in total. The highest BCUT2D eigenvalue weighted by Gasteiger charge is 2.05. The zero-order valence-electron chi connectivity index (χ0n) is 10.2.